The predicted molar refractivity (Wildman–Crippen MR) is 115 cm³/mol. The van der Waals surface area contributed by atoms with Crippen LogP contribution in [0.4, 0.5) is 20.2 Å². The van der Waals surface area contributed by atoms with Gasteiger partial charge in [-0.1, -0.05) is 0 Å². The van der Waals surface area contributed by atoms with Crippen molar-refractivity contribution in [2.45, 2.75) is 37.0 Å². The van der Waals surface area contributed by atoms with Gasteiger partial charge in [0.1, 0.15) is 16.5 Å². The van der Waals surface area contributed by atoms with E-state index in [0.29, 0.717) is 24.5 Å². The number of nitrogens with zero attached hydrogens (tertiary/aromatic N) is 2. The molecule has 0 radical (unpaired) electrons. The van der Waals surface area contributed by atoms with Crippen LogP contribution in [-0.2, 0) is 10.0 Å². The van der Waals surface area contributed by atoms with Crippen LogP contribution in [0.1, 0.15) is 42.5 Å². The zero-order valence-corrected chi connectivity index (χ0v) is 17.9. The van der Waals surface area contributed by atoms with Crippen LogP contribution in [0, 0.1) is 11.6 Å². The lowest BCUT2D eigenvalue weighted by molar-refractivity contribution is 0.102. The Hall–Kier alpha value is -2.52. The Balaban J connectivity index is 1.62. The van der Waals surface area contributed by atoms with Crippen molar-refractivity contribution in [2.24, 2.45) is 0 Å². The van der Waals surface area contributed by atoms with E-state index in [9.17, 15) is 22.0 Å². The van der Waals surface area contributed by atoms with Crippen LogP contribution in [0.2, 0.25) is 0 Å². The number of amides is 1. The highest BCUT2D eigenvalue weighted by Gasteiger charge is 2.30. The zero-order chi connectivity index (χ0) is 22.0. The minimum absolute atomic E-state index is 0.00646. The normalized spacial score (nSPS) is 17.7. The molecule has 2 aliphatic heterocycles. The number of benzene rings is 2. The van der Waals surface area contributed by atoms with Crippen LogP contribution in [0.3, 0.4) is 0 Å². The lowest BCUT2D eigenvalue weighted by Gasteiger charge is -2.30. The van der Waals surface area contributed by atoms with Gasteiger partial charge in [-0.2, -0.15) is 4.31 Å². The summed E-state index contributed by atoms with van der Waals surface area (Å²) < 4.78 is 55.1. The van der Waals surface area contributed by atoms with E-state index in [-0.39, 0.29) is 5.56 Å². The molecule has 1 amide bonds. The summed E-state index contributed by atoms with van der Waals surface area (Å²) in [6.07, 6.45) is 4.60. The zero-order valence-electron chi connectivity index (χ0n) is 17.1. The summed E-state index contributed by atoms with van der Waals surface area (Å²) in [5.41, 5.74) is 1.01. The average molecular weight is 450 g/mol. The van der Waals surface area contributed by atoms with E-state index < -0.39 is 32.5 Å². The van der Waals surface area contributed by atoms with Crippen LogP contribution in [0.25, 0.3) is 0 Å². The van der Waals surface area contributed by atoms with Crippen molar-refractivity contribution < 1.29 is 22.0 Å². The van der Waals surface area contributed by atoms with Gasteiger partial charge in [0.05, 0.1) is 11.4 Å². The van der Waals surface area contributed by atoms with Gasteiger partial charge in [0.25, 0.3) is 5.91 Å². The number of nitrogens with one attached hydrogen (secondary N) is 1. The highest BCUT2D eigenvalue weighted by Crippen LogP contribution is 2.30. The van der Waals surface area contributed by atoms with E-state index in [1.165, 1.54) is 22.5 Å². The van der Waals surface area contributed by atoms with Gasteiger partial charge in [-0.05, 0) is 68.5 Å². The molecule has 0 spiro atoms. The summed E-state index contributed by atoms with van der Waals surface area (Å²) >= 11 is 0. The molecule has 9 heteroatoms. The van der Waals surface area contributed by atoms with Gasteiger partial charge >= 0.3 is 0 Å². The molecule has 0 aliphatic carbocycles. The minimum atomic E-state index is -4.02. The fourth-order valence-corrected chi connectivity index (χ4v) is 5.73. The van der Waals surface area contributed by atoms with Crippen molar-refractivity contribution in [2.75, 3.05) is 36.4 Å². The third kappa shape index (κ3) is 4.57. The fourth-order valence-electron chi connectivity index (χ4n) is 4.12. The van der Waals surface area contributed by atoms with Crippen molar-refractivity contribution >= 4 is 27.3 Å². The maximum atomic E-state index is 14.4. The molecule has 2 aliphatic rings. The molecule has 0 atom stereocenters. The van der Waals surface area contributed by atoms with Gasteiger partial charge in [0.15, 0.2) is 0 Å². The minimum Gasteiger partial charge on any atom is -0.370 e. The summed E-state index contributed by atoms with van der Waals surface area (Å²) in [4.78, 5) is 14.5. The molecule has 31 heavy (non-hydrogen) atoms. The van der Waals surface area contributed by atoms with E-state index in [2.05, 4.69) is 10.2 Å². The first-order valence-electron chi connectivity index (χ1n) is 10.5. The van der Waals surface area contributed by atoms with Crippen molar-refractivity contribution in [3.63, 3.8) is 0 Å². The van der Waals surface area contributed by atoms with Gasteiger partial charge < -0.3 is 10.2 Å². The third-order valence-corrected chi connectivity index (χ3v) is 7.69. The molecule has 2 fully saturated rings. The number of hydrogen-bond acceptors (Lipinski definition) is 4. The number of sulfonamides is 1. The Labute approximate surface area is 180 Å². The monoisotopic (exact) mass is 449 g/mol. The van der Waals surface area contributed by atoms with E-state index >= 15 is 0 Å². The number of halogens is 2. The molecule has 0 unspecified atom stereocenters. The number of anilines is 2. The first-order valence-corrected chi connectivity index (χ1v) is 12.0. The summed E-state index contributed by atoms with van der Waals surface area (Å²) in [6, 6.07) is 7.48. The first kappa shape index (κ1) is 21.7. The van der Waals surface area contributed by atoms with E-state index in [1.54, 1.807) is 6.07 Å². The highest BCUT2D eigenvalue weighted by atomic mass is 32.2. The van der Waals surface area contributed by atoms with Gasteiger partial charge in [0, 0.05) is 31.7 Å². The molecule has 6 nitrogen and oxygen atoms in total. The third-order valence-electron chi connectivity index (χ3n) is 5.78. The lowest BCUT2D eigenvalue weighted by atomic mass is 10.1. The van der Waals surface area contributed by atoms with Crippen molar-refractivity contribution in [3.05, 3.63) is 53.6 Å². The molecule has 0 bridgehead atoms. The molecule has 166 valence electrons. The number of rotatable bonds is 5. The number of piperidine rings is 1. The van der Waals surface area contributed by atoms with Gasteiger partial charge in [-0.25, -0.2) is 17.2 Å². The second-order valence-electron chi connectivity index (χ2n) is 7.92. The van der Waals surface area contributed by atoms with Crippen LogP contribution >= 0.6 is 0 Å². The van der Waals surface area contributed by atoms with Crippen LogP contribution in [0.5, 0.6) is 0 Å². The van der Waals surface area contributed by atoms with E-state index in [1.807, 2.05) is 0 Å². The standard InChI is InChI=1S/C22H25F2N3O3S/c23-17-7-9-20(26-10-2-1-3-11-26)19(15-17)25-22(28)16-6-8-18(24)21(14-16)31(29,30)27-12-4-5-13-27/h6-9,14-15H,1-5,10-13H2,(H,25,28). The quantitative estimate of drug-likeness (QED) is 0.749. The van der Waals surface area contributed by atoms with Gasteiger partial charge in [0.2, 0.25) is 10.0 Å². The molecule has 1 N–H and O–H groups in total. The maximum absolute atomic E-state index is 14.4. The second-order valence-corrected chi connectivity index (χ2v) is 9.83. The molecule has 2 aromatic carbocycles. The predicted octanol–water partition coefficient (Wildman–Crippen LogP) is 3.99. The number of carbonyl (C=O) groups excluding carboxylic acids is 1. The van der Waals surface area contributed by atoms with Crippen molar-refractivity contribution in [1.29, 1.82) is 0 Å². The molecule has 2 aromatic rings. The number of carbonyl (C=O) groups is 1. The van der Waals surface area contributed by atoms with Gasteiger partial charge in [-0.3, -0.25) is 4.79 Å². The topological polar surface area (TPSA) is 69.7 Å². The Morgan fingerprint density at radius 2 is 1.55 bits per heavy atom. The summed E-state index contributed by atoms with van der Waals surface area (Å²) in [7, 11) is -4.02. The maximum Gasteiger partial charge on any atom is 0.255 e. The SMILES string of the molecule is O=C(Nc1cc(F)ccc1N1CCCCC1)c1ccc(F)c(S(=O)(=O)N2CCCC2)c1. The van der Waals surface area contributed by atoms with E-state index in [4.69, 9.17) is 0 Å². The molecular formula is C22H25F2N3O3S. The molecule has 4 rings (SSSR count). The summed E-state index contributed by atoms with van der Waals surface area (Å²) in [5.74, 6) is -2.02. The average Bonchev–Trinajstić information content (AvgIpc) is 3.30. The van der Waals surface area contributed by atoms with Crippen LogP contribution in [-0.4, -0.2) is 44.8 Å². The Morgan fingerprint density at radius 1 is 0.871 bits per heavy atom. The molecule has 0 saturated carbocycles. The largest absolute Gasteiger partial charge is 0.370 e. The second kappa shape index (κ2) is 8.92. The molecular weight excluding hydrogens is 424 g/mol. The Morgan fingerprint density at radius 3 is 2.26 bits per heavy atom. The van der Waals surface area contributed by atoms with Gasteiger partial charge in [-0.15, -0.1) is 0 Å². The lowest BCUT2D eigenvalue weighted by Crippen LogP contribution is -2.30. The fraction of sp³-hybridized carbons (Fsp3) is 0.409. The Kier molecular flexibility index (Phi) is 6.24. The van der Waals surface area contributed by atoms with E-state index in [0.717, 1.165) is 57.3 Å². The summed E-state index contributed by atoms with van der Waals surface area (Å²) in [5, 5.41) is 2.68. The summed E-state index contributed by atoms with van der Waals surface area (Å²) in [6.45, 7) is 2.29. The highest BCUT2D eigenvalue weighted by molar-refractivity contribution is 7.89. The number of hydrogen-bond donors (Lipinski definition) is 1. The van der Waals surface area contributed by atoms with Crippen molar-refractivity contribution in [3.8, 4) is 0 Å². The molecule has 0 aromatic heterocycles. The first-order chi connectivity index (χ1) is 14.9. The molecule has 2 saturated heterocycles. The smallest absolute Gasteiger partial charge is 0.255 e. The molecule has 2 heterocycles. The van der Waals surface area contributed by atoms with Crippen LogP contribution < -0.4 is 10.2 Å². The Bertz CT molecular complexity index is 1080. The van der Waals surface area contributed by atoms with Crippen LogP contribution in [0.15, 0.2) is 41.3 Å². The van der Waals surface area contributed by atoms with Crippen molar-refractivity contribution in [1.82, 2.24) is 4.31 Å².